The lowest BCUT2D eigenvalue weighted by Gasteiger charge is -2.10. The summed E-state index contributed by atoms with van der Waals surface area (Å²) in [7, 11) is 0. The Hall–Kier alpha value is -1.79. The van der Waals surface area contributed by atoms with Gasteiger partial charge in [0.2, 0.25) is 0 Å². The predicted molar refractivity (Wildman–Crippen MR) is 78.6 cm³/mol. The maximum atomic E-state index is 11.6. The molecule has 0 saturated heterocycles. The molecule has 6 nitrogen and oxygen atoms in total. The van der Waals surface area contributed by atoms with Gasteiger partial charge in [0.1, 0.15) is 0 Å². The van der Waals surface area contributed by atoms with Gasteiger partial charge in [-0.05, 0) is 37.7 Å². The van der Waals surface area contributed by atoms with Crippen LogP contribution in [-0.2, 0) is 0 Å². The first-order chi connectivity index (χ1) is 9.54. The number of hydrogen-bond donors (Lipinski definition) is 4. The quantitative estimate of drug-likeness (QED) is 0.581. The molecule has 0 spiro atoms. The molecule has 4 N–H and O–H groups in total. The van der Waals surface area contributed by atoms with Crippen molar-refractivity contribution in [3.63, 3.8) is 0 Å². The van der Waals surface area contributed by atoms with Gasteiger partial charge in [0, 0.05) is 11.6 Å². The van der Waals surface area contributed by atoms with Crippen LogP contribution in [0, 0.1) is 0 Å². The molecule has 0 saturated carbocycles. The third-order valence-electron chi connectivity index (χ3n) is 2.53. The molecule has 0 radical (unpaired) electrons. The monoisotopic (exact) mass is 299 g/mol. The van der Waals surface area contributed by atoms with Crippen molar-refractivity contribution in [2.24, 2.45) is 0 Å². The molecule has 110 valence electrons. The van der Waals surface area contributed by atoms with E-state index in [1.807, 2.05) is 6.92 Å². The fourth-order valence-corrected chi connectivity index (χ4v) is 1.73. The minimum Gasteiger partial charge on any atom is -0.478 e. The molecule has 0 aliphatic heterocycles. The Morgan fingerprint density at radius 2 is 2.05 bits per heavy atom. The van der Waals surface area contributed by atoms with Crippen LogP contribution >= 0.6 is 11.6 Å². The van der Waals surface area contributed by atoms with E-state index in [0.29, 0.717) is 11.6 Å². The van der Waals surface area contributed by atoms with E-state index >= 15 is 0 Å². The van der Waals surface area contributed by atoms with Crippen molar-refractivity contribution >= 4 is 29.3 Å². The van der Waals surface area contributed by atoms with Gasteiger partial charge in [0.15, 0.2) is 0 Å². The molecule has 0 aliphatic rings. The molecule has 0 fully saturated rings. The van der Waals surface area contributed by atoms with Crippen molar-refractivity contribution in [3.8, 4) is 0 Å². The number of benzene rings is 1. The minimum atomic E-state index is -1.14. The Morgan fingerprint density at radius 3 is 2.70 bits per heavy atom. The Bertz CT molecular complexity index is 480. The second-order valence-corrected chi connectivity index (χ2v) is 4.52. The number of amides is 2. The number of aromatic carboxylic acids is 1. The van der Waals surface area contributed by atoms with Crippen LogP contribution in [0.5, 0.6) is 0 Å². The maximum absolute atomic E-state index is 11.6. The molecule has 20 heavy (non-hydrogen) atoms. The van der Waals surface area contributed by atoms with Crippen molar-refractivity contribution in [2.75, 3.05) is 25.0 Å². The number of carboxylic acids is 1. The minimum absolute atomic E-state index is 0.0414. The van der Waals surface area contributed by atoms with Gasteiger partial charge in [-0.1, -0.05) is 18.5 Å². The average molecular weight is 300 g/mol. The van der Waals surface area contributed by atoms with Crippen LogP contribution in [0.4, 0.5) is 10.5 Å². The summed E-state index contributed by atoms with van der Waals surface area (Å²) in [6.07, 6.45) is 0.799. The van der Waals surface area contributed by atoms with E-state index in [1.54, 1.807) is 0 Å². The Balaban J connectivity index is 2.51. The highest BCUT2D eigenvalue weighted by molar-refractivity contribution is 6.31. The third kappa shape index (κ3) is 5.46. The standard InChI is InChI=1S/C13H18ClN3O3/c1-2-15-6-3-7-16-13(20)17-11-5-4-9(14)8-10(11)12(18)19/h4-5,8,15H,2-3,6-7H2,1H3,(H,18,19)(H2,16,17,20). The molecule has 0 heterocycles. The largest absolute Gasteiger partial charge is 0.478 e. The highest BCUT2D eigenvalue weighted by atomic mass is 35.5. The number of halogens is 1. The predicted octanol–water partition coefficient (Wildman–Crippen LogP) is 2.16. The van der Waals surface area contributed by atoms with Gasteiger partial charge in [-0.25, -0.2) is 9.59 Å². The molecule has 0 atom stereocenters. The van der Waals surface area contributed by atoms with Gasteiger partial charge < -0.3 is 21.1 Å². The van der Waals surface area contributed by atoms with E-state index in [9.17, 15) is 9.59 Å². The second kappa shape index (κ2) is 8.39. The van der Waals surface area contributed by atoms with Crippen molar-refractivity contribution in [3.05, 3.63) is 28.8 Å². The number of carbonyl (C=O) groups is 2. The van der Waals surface area contributed by atoms with Crippen LogP contribution in [0.15, 0.2) is 18.2 Å². The average Bonchev–Trinajstić information content (AvgIpc) is 2.40. The highest BCUT2D eigenvalue weighted by Crippen LogP contribution is 2.20. The zero-order valence-corrected chi connectivity index (χ0v) is 12.0. The lowest BCUT2D eigenvalue weighted by molar-refractivity contribution is 0.0698. The summed E-state index contributed by atoms with van der Waals surface area (Å²) >= 11 is 5.73. The first kappa shape index (κ1) is 16.3. The van der Waals surface area contributed by atoms with Crippen LogP contribution in [0.1, 0.15) is 23.7 Å². The zero-order chi connectivity index (χ0) is 15.0. The van der Waals surface area contributed by atoms with Crippen LogP contribution in [0.2, 0.25) is 5.02 Å². The van der Waals surface area contributed by atoms with E-state index in [2.05, 4.69) is 16.0 Å². The van der Waals surface area contributed by atoms with Gasteiger partial charge in [0.25, 0.3) is 0 Å². The van der Waals surface area contributed by atoms with E-state index in [1.165, 1.54) is 18.2 Å². The van der Waals surface area contributed by atoms with Crippen molar-refractivity contribution in [1.29, 1.82) is 0 Å². The molecule has 0 aliphatic carbocycles. The summed E-state index contributed by atoms with van der Waals surface area (Å²) in [6, 6.07) is 3.84. The normalized spacial score (nSPS) is 10.1. The SMILES string of the molecule is CCNCCCNC(=O)Nc1ccc(Cl)cc1C(=O)O. The first-order valence-electron chi connectivity index (χ1n) is 6.33. The smallest absolute Gasteiger partial charge is 0.337 e. The van der Waals surface area contributed by atoms with Gasteiger partial charge in [-0.15, -0.1) is 0 Å². The van der Waals surface area contributed by atoms with Crippen molar-refractivity contribution < 1.29 is 14.7 Å². The molecule has 0 bridgehead atoms. The van der Waals surface area contributed by atoms with Crippen molar-refractivity contribution in [2.45, 2.75) is 13.3 Å². The molecular weight excluding hydrogens is 282 g/mol. The van der Waals surface area contributed by atoms with E-state index in [0.717, 1.165) is 19.5 Å². The summed E-state index contributed by atoms with van der Waals surface area (Å²) in [4.78, 5) is 22.7. The van der Waals surface area contributed by atoms with Crippen LogP contribution in [0.25, 0.3) is 0 Å². The molecule has 2 amide bonds. The number of nitrogens with one attached hydrogen (secondary N) is 3. The molecule has 1 aromatic rings. The number of rotatable bonds is 7. The number of carboxylic acid groups (broad SMARTS) is 1. The number of carbonyl (C=O) groups excluding carboxylic acids is 1. The van der Waals surface area contributed by atoms with Gasteiger partial charge >= 0.3 is 12.0 Å². The van der Waals surface area contributed by atoms with E-state index in [4.69, 9.17) is 16.7 Å². The second-order valence-electron chi connectivity index (χ2n) is 4.08. The Labute approximate surface area is 122 Å². The summed E-state index contributed by atoms with van der Waals surface area (Å²) in [5.74, 6) is -1.14. The number of hydrogen-bond acceptors (Lipinski definition) is 3. The Morgan fingerprint density at radius 1 is 1.30 bits per heavy atom. The molecule has 0 aromatic heterocycles. The van der Waals surface area contributed by atoms with Crippen LogP contribution < -0.4 is 16.0 Å². The van der Waals surface area contributed by atoms with Crippen molar-refractivity contribution in [1.82, 2.24) is 10.6 Å². The van der Waals surface area contributed by atoms with Crippen LogP contribution in [-0.4, -0.2) is 36.7 Å². The lowest BCUT2D eigenvalue weighted by atomic mass is 10.2. The first-order valence-corrected chi connectivity index (χ1v) is 6.70. The lowest BCUT2D eigenvalue weighted by Crippen LogP contribution is -2.31. The molecule has 0 unspecified atom stereocenters. The zero-order valence-electron chi connectivity index (χ0n) is 11.2. The van der Waals surface area contributed by atoms with E-state index in [-0.39, 0.29) is 11.3 Å². The topological polar surface area (TPSA) is 90.5 Å². The molecule has 7 heteroatoms. The number of urea groups is 1. The maximum Gasteiger partial charge on any atom is 0.337 e. The van der Waals surface area contributed by atoms with Crippen LogP contribution in [0.3, 0.4) is 0 Å². The van der Waals surface area contributed by atoms with Gasteiger partial charge in [-0.2, -0.15) is 0 Å². The fourth-order valence-electron chi connectivity index (χ4n) is 1.56. The summed E-state index contributed by atoms with van der Waals surface area (Å²) in [6.45, 7) is 4.22. The molecule has 1 aromatic carbocycles. The highest BCUT2D eigenvalue weighted by Gasteiger charge is 2.12. The van der Waals surface area contributed by atoms with Gasteiger partial charge in [0.05, 0.1) is 11.3 Å². The summed E-state index contributed by atoms with van der Waals surface area (Å²) < 4.78 is 0. The molecule has 1 rings (SSSR count). The Kier molecular flexibility index (Phi) is 6.83. The van der Waals surface area contributed by atoms with E-state index < -0.39 is 12.0 Å². The third-order valence-corrected chi connectivity index (χ3v) is 2.76. The summed E-state index contributed by atoms with van der Waals surface area (Å²) in [5.41, 5.74) is 0.173. The summed E-state index contributed by atoms with van der Waals surface area (Å²) in [5, 5.41) is 17.6. The molecular formula is C13H18ClN3O3. The fraction of sp³-hybridized carbons (Fsp3) is 0.385. The number of anilines is 1. The van der Waals surface area contributed by atoms with Gasteiger partial charge in [-0.3, -0.25) is 0 Å².